The Hall–Kier alpha value is 0.0600. The van der Waals surface area contributed by atoms with Crippen LogP contribution in [-0.2, 0) is 0 Å². The Morgan fingerprint density at radius 2 is 2.09 bits per heavy atom. The molecule has 0 bridgehead atoms. The van der Waals surface area contributed by atoms with Gasteiger partial charge in [0, 0.05) is 5.03 Å². The summed E-state index contributed by atoms with van der Waals surface area (Å²) in [6.07, 6.45) is 4.02. The zero-order chi connectivity index (χ0) is 8.65. The number of rotatable bonds is 0. The maximum atomic E-state index is 6.20. The van der Waals surface area contributed by atoms with Crippen molar-refractivity contribution >= 4 is 23.2 Å². The third-order valence-electron chi connectivity index (χ3n) is 2.16. The van der Waals surface area contributed by atoms with Gasteiger partial charge in [0.25, 0.3) is 0 Å². The highest BCUT2D eigenvalue weighted by atomic mass is 35.5. The molecule has 2 heteroatoms. The van der Waals surface area contributed by atoms with Gasteiger partial charge in [0.15, 0.2) is 0 Å². The van der Waals surface area contributed by atoms with Crippen molar-refractivity contribution in [2.45, 2.75) is 25.6 Å². The van der Waals surface area contributed by atoms with Gasteiger partial charge in [-0.3, -0.25) is 0 Å². The van der Waals surface area contributed by atoms with Crippen LogP contribution in [0.1, 0.15) is 20.8 Å². The first-order valence-corrected chi connectivity index (χ1v) is 4.45. The van der Waals surface area contributed by atoms with E-state index in [-0.39, 0.29) is 4.87 Å². The average molecular weight is 191 g/mol. The van der Waals surface area contributed by atoms with Crippen LogP contribution in [0.25, 0.3) is 0 Å². The van der Waals surface area contributed by atoms with Crippen molar-refractivity contribution in [2.75, 3.05) is 0 Å². The molecule has 0 saturated carbocycles. The Morgan fingerprint density at radius 1 is 1.55 bits per heavy atom. The second-order valence-corrected chi connectivity index (χ2v) is 4.50. The number of halogens is 2. The molecule has 0 N–H and O–H groups in total. The van der Waals surface area contributed by atoms with E-state index in [0.717, 1.165) is 10.6 Å². The Balaban J connectivity index is 2.98. The molecule has 0 aromatic carbocycles. The summed E-state index contributed by atoms with van der Waals surface area (Å²) in [4.78, 5) is -0.261. The lowest BCUT2D eigenvalue weighted by atomic mass is 9.88. The third kappa shape index (κ3) is 1.80. The number of alkyl halides is 1. The molecular weight excluding hydrogens is 179 g/mol. The van der Waals surface area contributed by atoms with Gasteiger partial charge in [0.2, 0.25) is 0 Å². The van der Waals surface area contributed by atoms with Crippen molar-refractivity contribution in [3.05, 3.63) is 22.8 Å². The van der Waals surface area contributed by atoms with Crippen LogP contribution in [0, 0.1) is 5.92 Å². The predicted octanol–water partition coefficient (Wildman–Crippen LogP) is 3.70. The quantitative estimate of drug-likeness (QED) is 0.512. The van der Waals surface area contributed by atoms with Crippen LogP contribution in [0.4, 0.5) is 0 Å². The Kier molecular flexibility index (Phi) is 2.36. The lowest BCUT2D eigenvalue weighted by Crippen LogP contribution is -2.25. The first-order chi connectivity index (χ1) is 4.93. The molecule has 0 aromatic rings. The van der Waals surface area contributed by atoms with Gasteiger partial charge in [-0.15, -0.1) is 11.6 Å². The van der Waals surface area contributed by atoms with Gasteiger partial charge in [-0.2, -0.15) is 0 Å². The minimum atomic E-state index is -0.261. The van der Waals surface area contributed by atoms with Crippen LogP contribution in [-0.4, -0.2) is 4.87 Å². The Bertz CT molecular complexity index is 224. The van der Waals surface area contributed by atoms with E-state index >= 15 is 0 Å². The van der Waals surface area contributed by atoms with E-state index in [1.807, 2.05) is 26.0 Å². The Labute approximate surface area is 77.9 Å². The largest absolute Gasteiger partial charge is 0.114 e. The molecule has 0 aliphatic heterocycles. The normalized spacial score (nSPS) is 38.1. The Morgan fingerprint density at radius 3 is 2.55 bits per heavy atom. The molecule has 1 rings (SSSR count). The summed E-state index contributed by atoms with van der Waals surface area (Å²) in [7, 11) is 0. The van der Waals surface area contributed by atoms with Gasteiger partial charge in [-0.1, -0.05) is 30.7 Å². The first kappa shape index (κ1) is 9.15. The predicted molar refractivity (Wildman–Crippen MR) is 51.1 cm³/mol. The highest BCUT2D eigenvalue weighted by molar-refractivity contribution is 6.33. The summed E-state index contributed by atoms with van der Waals surface area (Å²) in [6, 6.07) is 0. The van der Waals surface area contributed by atoms with Crippen molar-refractivity contribution in [2.24, 2.45) is 5.92 Å². The maximum absolute atomic E-state index is 6.20. The van der Waals surface area contributed by atoms with Crippen LogP contribution >= 0.6 is 23.2 Å². The lowest BCUT2D eigenvalue weighted by Gasteiger charge is -2.28. The molecule has 2 atom stereocenters. The molecule has 0 saturated heterocycles. The fourth-order valence-corrected chi connectivity index (χ4v) is 1.61. The van der Waals surface area contributed by atoms with Gasteiger partial charge in [0.05, 0.1) is 4.87 Å². The zero-order valence-corrected chi connectivity index (χ0v) is 8.50. The smallest absolute Gasteiger partial charge is 0.0664 e. The summed E-state index contributed by atoms with van der Waals surface area (Å²) in [6.45, 7) is 6.05. The standard InChI is InChI=1S/C9H12Cl2/c1-6-5-9(3,11)7(2)4-8(6)10/h4-5,7H,1-3H3. The van der Waals surface area contributed by atoms with E-state index in [0.29, 0.717) is 5.92 Å². The monoisotopic (exact) mass is 190 g/mol. The summed E-state index contributed by atoms with van der Waals surface area (Å²) in [5.74, 6) is 0.306. The molecule has 11 heavy (non-hydrogen) atoms. The van der Waals surface area contributed by atoms with E-state index in [1.54, 1.807) is 0 Å². The van der Waals surface area contributed by atoms with Crippen LogP contribution in [0.15, 0.2) is 22.8 Å². The molecule has 0 nitrogen and oxygen atoms in total. The maximum Gasteiger partial charge on any atom is 0.0664 e. The highest BCUT2D eigenvalue weighted by Crippen LogP contribution is 2.36. The van der Waals surface area contributed by atoms with Crippen LogP contribution in [0.5, 0.6) is 0 Å². The molecule has 1 aliphatic rings. The van der Waals surface area contributed by atoms with E-state index in [1.165, 1.54) is 0 Å². The van der Waals surface area contributed by atoms with Crippen molar-refractivity contribution in [1.29, 1.82) is 0 Å². The molecule has 0 heterocycles. The summed E-state index contributed by atoms with van der Waals surface area (Å²) >= 11 is 12.1. The highest BCUT2D eigenvalue weighted by Gasteiger charge is 2.28. The van der Waals surface area contributed by atoms with E-state index in [2.05, 4.69) is 6.92 Å². The van der Waals surface area contributed by atoms with Gasteiger partial charge in [0.1, 0.15) is 0 Å². The SMILES string of the molecule is CC1=CC(C)(Cl)C(C)C=C1Cl. The number of hydrogen-bond acceptors (Lipinski definition) is 0. The van der Waals surface area contributed by atoms with E-state index < -0.39 is 0 Å². The fourth-order valence-electron chi connectivity index (χ4n) is 1.14. The second kappa shape index (κ2) is 2.84. The molecule has 1 aliphatic carbocycles. The van der Waals surface area contributed by atoms with E-state index in [4.69, 9.17) is 23.2 Å². The van der Waals surface area contributed by atoms with Crippen LogP contribution < -0.4 is 0 Å². The van der Waals surface area contributed by atoms with Crippen molar-refractivity contribution in [1.82, 2.24) is 0 Å². The minimum absolute atomic E-state index is 0.261. The molecule has 0 amide bonds. The number of hydrogen-bond donors (Lipinski definition) is 0. The van der Waals surface area contributed by atoms with E-state index in [9.17, 15) is 0 Å². The summed E-state index contributed by atoms with van der Waals surface area (Å²) in [5, 5.41) is 0.829. The van der Waals surface area contributed by atoms with Gasteiger partial charge in [-0.25, -0.2) is 0 Å². The fraction of sp³-hybridized carbons (Fsp3) is 0.556. The summed E-state index contributed by atoms with van der Waals surface area (Å²) in [5.41, 5.74) is 1.07. The lowest BCUT2D eigenvalue weighted by molar-refractivity contribution is 0.583. The first-order valence-electron chi connectivity index (χ1n) is 3.69. The zero-order valence-electron chi connectivity index (χ0n) is 6.99. The van der Waals surface area contributed by atoms with Gasteiger partial charge < -0.3 is 0 Å². The van der Waals surface area contributed by atoms with Crippen molar-refractivity contribution in [3.8, 4) is 0 Å². The molecule has 62 valence electrons. The molecule has 0 radical (unpaired) electrons. The average Bonchev–Trinajstić information content (AvgIpc) is 1.83. The van der Waals surface area contributed by atoms with Crippen molar-refractivity contribution in [3.63, 3.8) is 0 Å². The van der Waals surface area contributed by atoms with Crippen LogP contribution in [0.2, 0.25) is 0 Å². The van der Waals surface area contributed by atoms with Crippen molar-refractivity contribution < 1.29 is 0 Å². The molecular formula is C9H12Cl2. The minimum Gasteiger partial charge on any atom is -0.114 e. The van der Waals surface area contributed by atoms with Gasteiger partial charge in [-0.05, 0) is 25.3 Å². The molecule has 0 aromatic heterocycles. The number of allylic oxidation sites excluding steroid dienone is 4. The molecule has 0 fully saturated rings. The third-order valence-corrected chi connectivity index (χ3v) is 3.04. The molecule has 2 unspecified atom stereocenters. The van der Waals surface area contributed by atoms with Gasteiger partial charge >= 0.3 is 0 Å². The topological polar surface area (TPSA) is 0 Å². The molecule has 0 spiro atoms. The summed E-state index contributed by atoms with van der Waals surface area (Å²) < 4.78 is 0. The van der Waals surface area contributed by atoms with Crippen LogP contribution in [0.3, 0.4) is 0 Å². The second-order valence-electron chi connectivity index (χ2n) is 3.28.